The fraction of sp³-hybridized carbons (Fsp3) is 0.923. The quantitative estimate of drug-likeness (QED) is 0.657. The molecule has 0 saturated carbocycles. The summed E-state index contributed by atoms with van der Waals surface area (Å²) in [6, 6.07) is 0. The molecule has 17 heavy (non-hydrogen) atoms. The first-order valence-electron chi connectivity index (χ1n) is 6.33. The highest BCUT2D eigenvalue weighted by atomic mass is 32.1. The topological polar surface area (TPSA) is 49.5 Å². The van der Waals surface area contributed by atoms with Crippen LogP contribution in [0.4, 0.5) is 0 Å². The highest BCUT2D eigenvalue weighted by Crippen LogP contribution is 2.22. The minimum absolute atomic E-state index is 0.0660. The van der Waals surface area contributed by atoms with Gasteiger partial charge in [0.05, 0.1) is 10.6 Å². The lowest BCUT2D eigenvalue weighted by Gasteiger charge is -2.29. The fourth-order valence-corrected chi connectivity index (χ4v) is 1.87. The van der Waals surface area contributed by atoms with E-state index in [2.05, 4.69) is 25.7 Å². The van der Waals surface area contributed by atoms with E-state index in [1.54, 1.807) is 0 Å². The normalized spacial score (nSPS) is 13.1. The standard InChI is InChI=1S/C13H28N2OS/c1-6-15(10-13(4,5)16)9-7-8-12(2,3)11(14)17/h16H,6-10H2,1-5H3,(H2,14,17). The molecule has 0 fully saturated rings. The molecule has 0 aliphatic carbocycles. The number of likely N-dealkylation sites (N-methyl/N-ethyl adjacent to an activating group) is 1. The van der Waals surface area contributed by atoms with Gasteiger partial charge in [0.2, 0.25) is 0 Å². The van der Waals surface area contributed by atoms with E-state index < -0.39 is 5.60 Å². The Morgan fingerprint density at radius 1 is 1.29 bits per heavy atom. The smallest absolute Gasteiger partial charge is 0.0784 e. The van der Waals surface area contributed by atoms with Gasteiger partial charge >= 0.3 is 0 Å². The lowest BCUT2D eigenvalue weighted by Crippen LogP contribution is -2.39. The number of aliphatic hydroxyl groups is 1. The molecule has 102 valence electrons. The molecule has 0 aromatic carbocycles. The number of hydrogen-bond acceptors (Lipinski definition) is 3. The van der Waals surface area contributed by atoms with Gasteiger partial charge in [-0.15, -0.1) is 0 Å². The Hall–Kier alpha value is -0.190. The second-order valence-corrected chi connectivity index (χ2v) is 6.47. The highest BCUT2D eigenvalue weighted by Gasteiger charge is 2.22. The van der Waals surface area contributed by atoms with Crippen LogP contribution in [-0.2, 0) is 0 Å². The monoisotopic (exact) mass is 260 g/mol. The van der Waals surface area contributed by atoms with E-state index in [0.717, 1.165) is 25.9 Å². The van der Waals surface area contributed by atoms with E-state index in [1.807, 2.05) is 13.8 Å². The Balaban J connectivity index is 4.05. The molecule has 0 rings (SSSR count). The summed E-state index contributed by atoms with van der Waals surface area (Å²) in [6.45, 7) is 12.6. The molecule has 0 heterocycles. The molecule has 0 bridgehead atoms. The van der Waals surface area contributed by atoms with Crippen molar-refractivity contribution in [1.82, 2.24) is 4.90 Å². The van der Waals surface area contributed by atoms with Crippen molar-refractivity contribution in [3.05, 3.63) is 0 Å². The Labute approximate surface area is 111 Å². The first-order chi connectivity index (χ1) is 7.58. The van der Waals surface area contributed by atoms with Crippen molar-refractivity contribution in [2.45, 2.75) is 53.1 Å². The summed E-state index contributed by atoms with van der Waals surface area (Å²) in [7, 11) is 0. The number of nitrogens with zero attached hydrogens (tertiary/aromatic N) is 1. The average Bonchev–Trinajstić information content (AvgIpc) is 2.13. The molecule has 0 aliphatic rings. The Morgan fingerprint density at radius 3 is 2.18 bits per heavy atom. The largest absolute Gasteiger partial charge is 0.393 e. The van der Waals surface area contributed by atoms with E-state index in [0.29, 0.717) is 11.5 Å². The third-order valence-electron chi connectivity index (χ3n) is 3.00. The van der Waals surface area contributed by atoms with E-state index in [9.17, 15) is 5.11 Å². The maximum Gasteiger partial charge on any atom is 0.0784 e. The predicted octanol–water partition coefficient (Wildman–Crippen LogP) is 2.17. The number of hydrogen-bond donors (Lipinski definition) is 2. The van der Waals surface area contributed by atoms with E-state index in [-0.39, 0.29) is 5.41 Å². The lowest BCUT2D eigenvalue weighted by molar-refractivity contribution is 0.0369. The van der Waals surface area contributed by atoms with Gasteiger partial charge in [0.1, 0.15) is 0 Å². The molecule has 0 spiro atoms. The first-order valence-corrected chi connectivity index (χ1v) is 6.74. The molecule has 0 aromatic rings. The minimum Gasteiger partial charge on any atom is -0.393 e. The molecule has 0 saturated heterocycles. The molecule has 0 atom stereocenters. The van der Waals surface area contributed by atoms with Crippen LogP contribution in [0.2, 0.25) is 0 Å². The Morgan fingerprint density at radius 2 is 1.82 bits per heavy atom. The summed E-state index contributed by atoms with van der Waals surface area (Å²) in [5, 5.41) is 9.78. The Kier molecular flexibility index (Phi) is 6.59. The highest BCUT2D eigenvalue weighted by molar-refractivity contribution is 7.80. The lowest BCUT2D eigenvalue weighted by atomic mass is 9.88. The minimum atomic E-state index is -0.630. The molecule has 3 nitrogen and oxygen atoms in total. The van der Waals surface area contributed by atoms with Crippen molar-refractivity contribution in [3.63, 3.8) is 0 Å². The predicted molar refractivity (Wildman–Crippen MR) is 78.2 cm³/mol. The zero-order chi connectivity index (χ0) is 13.7. The van der Waals surface area contributed by atoms with Crippen LogP contribution in [0.5, 0.6) is 0 Å². The van der Waals surface area contributed by atoms with Crippen LogP contribution in [-0.4, -0.2) is 40.2 Å². The van der Waals surface area contributed by atoms with Gasteiger partial charge in [-0.1, -0.05) is 33.0 Å². The van der Waals surface area contributed by atoms with Gasteiger partial charge in [0.25, 0.3) is 0 Å². The zero-order valence-corrected chi connectivity index (χ0v) is 12.7. The summed E-state index contributed by atoms with van der Waals surface area (Å²) < 4.78 is 0. The van der Waals surface area contributed by atoms with Crippen molar-refractivity contribution < 1.29 is 5.11 Å². The van der Waals surface area contributed by atoms with Crippen LogP contribution < -0.4 is 5.73 Å². The molecule has 0 aromatic heterocycles. The molecule has 0 amide bonds. The van der Waals surface area contributed by atoms with Gasteiger partial charge in [-0.05, 0) is 39.8 Å². The van der Waals surface area contributed by atoms with Gasteiger partial charge in [0.15, 0.2) is 0 Å². The van der Waals surface area contributed by atoms with Crippen molar-refractivity contribution >= 4 is 17.2 Å². The molecule has 0 radical (unpaired) electrons. The molecular formula is C13H28N2OS. The number of rotatable bonds is 8. The maximum absolute atomic E-state index is 9.78. The maximum atomic E-state index is 9.78. The fourth-order valence-electron chi connectivity index (χ4n) is 1.76. The second-order valence-electron chi connectivity index (χ2n) is 6.03. The van der Waals surface area contributed by atoms with Crippen LogP contribution in [0.1, 0.15) is 47.5 Å². The van der Waals surface area contributed by atoms with Crippen molar-refractivity contribution in [2.75, 3.05) is 19.6 Å². The SMILES string of the molecule is CCN(CCCC(C)(C)C(N)=S)CC(C)(C)O. The van der Waals surface area contributed by atoms with Crippen molar-refractivity contribution in [1.29, 1.82) is 0 Å². The molecular weight excluding hydrogens is 232 g/mol. The first kappa shape index (κ1) is 16.8. The third kappa shape index (κ3) is 7.68. The van der Waals surface area contributed by atoms with Crippen LogP contribution >= 0.6 is 12.2 Å². The third-order valence-corrected chi connectivity index (χ3v) is 3.55. The summed E-state index contributed by atoms with van der Waals surface area (Å²) in [5.74, 6) is 0. The average molecular weight is 260 g/mol. The van der Waals surface area contributed by atoms with Gasteiger partial charge < -0.3 is 15.7 Å². The van der Waals surface area contributed by atoms with Crippen LogP contribution in [0.25, 0.3) is 0 Å². The van der Waals surface area contributed by atoms with Gasteiger partial charge in [-0.2, -0.15) is 0 Å². The molecule has 4 heteroatoms. The second kappa shape index (κ2) is 6.66. The summed E-state index contributed by atoms with van der Waals surface area (Å²) in [4.78, 5) is 2.85. The van der Waals surface area contributed by atoms with E-state index in [1.165, 1.54) is 0 Å². The summed E-state index contributed by atoms with van der Waals surface area (Å²) in [5.41, 5.74) is 5.00. The molecule has 0 unspecified atom stereocenters. The van der Waals surface area contributed by atoms with Crippen LogP contribution in [0, 0.1) is 5.41 Å². The van der Waals surface area contributed by atoms with Gasteiger partial charge in [-0.3, -0.25) is 0 Å². The van der Waals surface area contributed by atoms with Crippen LogP contribution in [0.15, 0.2) is 0 Å². The van der Waals surface area contributed by atoms with Gasteiger partial charge in [0, 0.05) is 12.0 Å². The van der Waals surface area contributed by atoms with Crippen LogP contribution in [0.3, 0.4) is 0 Å². The van der Waals surface area contributed by atoms with Crippen molar-refractivity contribution in [2.24, 2.45) is 11.1 Å². The number of nitrogens with two attached hydrogens (primary N) is 1. The van der Waals surface area contributed by atoms with E-state index >= 15 is 0 Å². The van der Waals surface area contributed by atoms with Gasteiger partial charge in [-0.25, -0.2) is 0 Å². The molecule has 0 aliphatic heterocycles. The molecule has 3 N–H and O–H groups in total. The number of thiocarbonyl (C=S) groups is 1. The Bertz CT molecular complexity index is 246. The van der Waals surface area contributed by atoms with E-state index in [4.69, 9.17) is 18.0 Å². The van der Waals surface area contributed by atoms with Crippen molar-refractivity contribution in [3.8, 4) is 0 Å². The summed E-state index contributed by atoms with van der Waals surface area (Å²) in [6.07, 6.45) is 2.04. The summed E-state index contributed by atoms with van der Waals surface area (Å²) >= 11 is 5.05. The zero-order valence-electron chi connectivity index (χ0n) is 11.9.